The van der Waals surface area contributed by atoms with Crippen LogP contribution < -0.4 is 0 Å². The molecule has 1 aliphatic rings. The van der Waals surface area contributed by atoms with Crippen molar-refractivity contribution in [3.63, 3.8) is 0 Å². The van der Waals surface area contributed by atoms with E-state index < -0.39 is 5.97 Å². The molecule has 0 aromatic heterocycles. The van der Waals surface area contributed by atoms with Gasteiger partial charge < -0.3 is 9.84 Å². The minimum absolute atomic E-state index is 0.0109. The maximum atomic E-state index is 12.5. The Balaban J connectivity index is 2.18. The lowest BCUT2D eigenvalue weighted by Gasteiger charge is -2.27. The Morgan fingerprint density at radius 1 is 0.821 bits per heavy atom. The Bertz CT molecular complexity index is 421. The fourth-order valence-electron chi connectivity index (χ4n) is 4.33. The largest absolute Gasteiger partial charge is 0.481 e. The van der Waals surface area contributed by atoms with Crippen LogP contribution in [-0.2, 0) is 14.3 Å². The number of hydrogen-bond donors (Lipinski definition) is 1. The van der Waals surface area contributed by atoms with Gasteiger partial charge in [0, 0.05) is 0 Å². The van der Waals surface area contributed by atoms with Crippen LogP contribution in [0.25, 0.3) is 0 Å². The first kappa shape index (κ1) is 25.0. The van der Waals surface area contributed by atoms with E-state index >= 15 is 0 Å². The topological polar surface area (TPSA) is 63.6 Å². The molecule has 1 fully saturated rings. The number of unbranched alkanes of at least 4 members (excludes halogenated alkanes) is 9. The molecule has 164 valence electrons. The monoisotopic (exact) mass is 396 g/mol. The highest BCUT2D eigenvalue weighted by Crippen LogP contribution is 2.31. The maximum Gasteiger partial charge on any atom is 0.309 e. The molecule has 0 amide bonds. The summed E-state index contributed by atoms with van der Waals surface area (Å²) in [6.07, 6.45) is 18.7. The van der Waals surface area contributed by atoms with Gasteiger partial charge in [-0.1, -0.05) is 84.5 Å². The standard InChI is InChI=1S/C24H44O4/c1-3-5-6-7-8-9-10-11-12-13-18-22(15-4-2)28-24(27)21-17-14-16-20(19-21)23(25)26/h20-22H,3-19H2,1-2H3,(H,25,26). The van der Waals surface area contributed by atoms with E-state index in [0.29, 0.717) is 12.8 Å². The second-order valence-corrected chi connectivity index (χ2v) is 8.72. The van der Waals surface area contributed by atoms with Gasteiger partial charge in [-0.15, -0.1) is 0 Å². The highest BCUT2D eigenvalue weighted by atomic mass is 16.5. The SMILES string of the molecule is CCCCCCCCCCCCC(CCC)OC(=O)C1CCCC(C(=O)O)C1. The number of carbonyl (C=O) groups is 2. The van der Waals surface area contributed by atoms with Crippen LogP contribution in [0.3, 0.4) is 0 Å². The highest BCUT2D eigenvalue weighted by Gasteiger charge is 2.32. The smallest absolute Gasteiger partial charge is 0.309 e. The van der Waals surface area contributed by atoms with Gasteiger partial charge in [-0.05, 0) is 38.5 Å². The molecule has 0 aromatic rings. The number of carboxylic acids is 1. The van der Waals surface area contributed by atoms with Crippen molar-refractivity contribution in [3.8, 4) is 0 Å². The number of esters is 1. The molecule has 28 heavy (non-hydrogen) atoms. The van der Waals surface area contributed by atoms with Crippen molar-refractivity contribution in [2.75, 3.05) is 0 Å². The number of hydrogen-bond acceptors (Lipinski definition) is 3. The van der Waals surface area contributed by atoms with Crippen LogP contribution in [0.1, 0.15) is 123 Å². The Labute approximate surface area is 172 Å². The minimum Gasteiger partial charge on any atom is -0.481 e. The summed E-state index contributed by atoms with van der Waals surface area (Å²) in [6, 6.07) is 0. The van der Waals surface area contributed by atoms with E-state index in [2.05, 4.69) is 13.8 Å². The average molecular weight is 397 g/mol. The van der Waals surface area contributed by atoms with Crippen molar-refractivity contribution < 1.29 is 19.4 Å². The first-order valence-corrected chi connectivity index (χ1v) is 12.0. The molecule has 0 saturated heterocycles. The van der Waals surface area contributed by atoms with Crippen LogP contribution in [0.2, 0.25) is 0 Å². The first-order chi connectivity index (χ1) is 13.6. The number of rotatable bonds is 16. The molecular weight excluding hydrogens is 352 g/mol. The lowest BCUT2D eigenvalue weighted by molar-refractivity contribution is -0.157. The van der Waals surface area contributed by atoms with Gasteiger partial charge in [0.1, 0.15) is 6.10 Å². The molecular formula is C24H44O4. The summed E-state index contributed by atoms with van der Waals surface area (Å²) in [5.74, 6) is -1.52. The first-order valence-electron chi connectivity index (χ1n) is 12.0. The van der Waals surface area contributed by atoms with Gasteiger partial charge in [-0.3, -0.25) is 9.59 Å². The number of aliphatic carboxylic acids is 1. The molecule has 4 nitrogen and oxygen atoms in total. The Kier molecular flexibility index (Phi) is 14.1. The van der Waals surface area contributed by atoms with Crippen LogP contribution in [0, 0.1) is 11.8 Å². The quantitative estimate of drug-likeness (QED) is 0.228. The number of carbonyl (C=O) groups excluding carboxylic acids is 1. The van der Waals surface area contributed by atoms with Crippen molar-refractivity contribution in [1.82, 2.24) is 0 Å². The van der Waals surface area contributed by atoms with Gasteiger partial charge in [-0.25, -0.2) is 0 Å². The van der Waals surface area contributed by atoms with Gasteiger partial charge in [0.2, 0.25) is 0 Å². The predicted molar refractivity (Wildman–Crippen MR) is 114 cm³/mol. The van der Waals surface area contributed by atoms with Crippen LogP contribution in [-0.4, -0.2) is 23.1 Å². The lowest BCUT2D eigenvalue weighted by atomic mass is 9.81. The van der Waals surface area contributed by atoms with Crippen LogP contribution in [0.4, 0.5) is 0 Å². The third-order valence-electron chi connectivity index (χ3n) is 6.13. The summed E-state index contributed by atoms with van der Waals surface area (Å²) in [5, 5.41) is 9.21. The summed E-state index contributed by atoms with van der Waals surface area (Å²) in [4.78, 5) is 23.7. The van der Waals surface area contributed by atoms with Crippen molar-refractivity contribution >= 4 is 11.9 Å². The molecule has 0 aromatic carbocycles. The fraction of sp³-hybridized carbons (Fsp3) is 0.917. The predicted octanol–water partition coefficient (Wildman–Crippen LogP) is 6.90. The lowest BCUT2D eigenvalue weighted by Crippen LogP contribution is -2.31. The maximum absolute atomic E-state index is 12.5. The van der Waals surface area contributed by atoms with Gasteiger partial charge in [0.25, 0.3) is 0 Å². The highest BCUT2D eigenvalue weighted by molar-refractivity contribution is 5.75. The molecule has 4 heteroatoms. The van der Waals surface area contributed by atoms with E-state index in [-0.39, 0.29) is 23.9 Å². The van der Waals surface area contributed by atoms with Crippen molar-refractivity contribution in [2.45, 2.75) is 129 Å². The van der Waals surface area contributed by atoms with Gasteiger partial charge in [0.05, 0.1) is 11.8 Å². The summed E-state index contributed by atoms with van der Waals surface area (Å²) >= 11 is 0. The van der Waals surface area contributed by atoms with Gasteiger partial charge in [-0.2, -0.15) is 0 Å². The van der Waals surface area contributed by atoms with E-state index in [9.17, 15) is 14.7 Å². The fourth-order valence-corrected chi connectivity index (χ4v) is 4.33. The third-order valence-corrected chi connectivity index (χ3v) is 6.13. The molecule has 1 rings (SSSR count). The molecule has 1 aliphatic carbocycles. The van der Waals surface area contributed by atoms with Gasteiger partial charge in [0.15, 0.2) is 0 Å². The summed E-state index contributed by atoms with van der Waals surface area (Å²) in [7, 11) is 0. The van der Waals surface area contributed by atoms with Gasteiger partial charge >= 0.3 is 11.9 Å². The molecule has 1 saturated carbocycles. The molecule has 0 radical (unpaired) electrons. The second-order valence-electron chi connectivity index (χ2n) is 8.72. The van der Waals surface area contributed by atoms with Crippen molar-refractivity contribution in [3.05, 3.63) is 0 Å². The normalized spacial score (nSPS) is 20.6. The summed E-state index contributed by atoms with van der Waals surface area (Å²) in [5.41, 5.74) is 0. The second kappa shape index (κ2) is 15.8. The number of ether oxygens (including phenoxy) is 1. The number of carboxylic acid groups (broad SMARTS) is 1. The zero-order chi connectivity index (χ0) is 20.6. The third kappa shape index (κ3) is 11.1. The molecule has 0 aliphatic heterocycles. The van der Waals surface area contributed by atoms with Crippen LogP contribution in [0.15, 0.2) is 0 Å². The van der Waals surface area contributed by atoms with Crippen LogP contribution >= 0.6 is 0 Å². The summed E-state index contributed by atoms with van der Waals surface area (Å²) < 4.78 is 5.81. The zero-order valence-corrected chi connectivity index (χ0v) is 18.4. The zero-order valence-electron chi connectivity index (χ0n) is 18.4. The molecule has 0 spiro atoms. The molecule has 3 unspecified atom stereocenters. The molecule has 0 bridgehead atoms. The van der Waals surface area contributed by atoms with E-state index in [4.69, 9.17) is 4.74 Å². The van der Waals surface area contributed by atoms with Crippen molar-refractivity contribution in [1.29, 1.82) is 0 Å². The molecule has 0 heterocycles. The Hall–Kier alpha value is -1.06. The van der Waals surface area contributed by atoms with Crippen molar-refractivity contribution in [2.24, 2.45) is 11.8 Å². The Morgan fingerprint density at radius 2 is 1.39 bits per heavy atom. The Morgan fingerprint density at radius 3 is 1.96 bits per heavy atom. The molecule has 3 atom stereocenters. The molecule has 1 N–H and O–H groups in total. The van der Waals surface area contributed by atoms with E-state index in [1.807, 2.05) is 0 Å². The van der Waals surface area contributed by atoms with Crippen LogP contribution in [0.5, 0.6) is 0 Å². The average Bonchev–Trinajstić information content (AvgIpc) is 2.69. The summed E-state index contributed by atoms with van der Waals surface area (Å²) in [6.45, 7) is 4.38. The minimum atomic E-state index is -0.770. The van der Waals surface area contributed by atoms with E-state index in [1.165, 1.54) is 57.8 Å². The van der Waals surface area contributed by atoms with E-state index in [1.54, 1.807) is 0 Å². The van der Waals surface area contributed by atoms with E-state index in [0.717, 1.165) is 38.5 Å².